The van der Waals surface area contributed by atoms with Gasteiger partial charge < -0.3 is 20.2 Å². The number of anilines is 2. The molecule has 11 heteroatoms. The van der Waals surface area contributed by atoms with E-state index in [1.165, 1.54) is 42.5 Å². The first-order valence-electron chi connectivity index (χ1n) is 8.24. The molecule has 2 amide bonds. The first kappa shape index (κ1) is 20.7. The number of carbonyl (C=O) groups is 3. The fourth-order valence-corrected chi connectivity index (χ4v) is 2.80. The van der Waals surface area contributed by atoms with Crippen LogP contribution in [0.4, 0.5) is 17.3 Å². The number of nitro groups is 1. The Morgan fingerprint density at radius 2 is 1.67 bits per heavy atom. The van der Waals surface area contributed by atoms with Gasteiger partial charge in [-0.05, 0) is 48.5 Å². The summed E-state index contributed by atoms with van der Waals surface area (Å²) >= 11 is 3.18. The van der Waals surface area contributed by atoms with Gasteiger partial charge in [0.25, 0.3) is 11.8 Å². The summed E-state index contributed by atoms with van der Waals surface area (Å²) in [5.74, 6) is -3.22. The van der Waals surface area contributed by atoms with Crippen molar-refractivity contribution in [3.8, 4) is 0 Å². The third kappa shape index (κ3) is 4.70. The fraction of sp³-hybridized carbons (Fsp3) is 0. The van der Waals surface area contributed by atoms with E-state index in [2.05, 4.69) is 26.6 Å². The first-order chi connectivity index (χ1) is 14.2. The molecule has 2 aromatic carbocycles. The highest BCUT2D eigenvalue weighted by Crippen LogP contribution is 2.22. The predicted molar refractivity (Wildman–Crippen MR) is 109 cm³/mol. The van der Waals surface area contributed by atoms with Crippen molar-refractivity contribution >= 4 is 51.0 Å². The van der Waals surface area contributed by atoms with E-state index in [0.717, 1.165) is 6.07 Å². The van der Waals surface area contributed by atoms with Crippen molar-refractivity contribution in [1.82, 2.24) is 0 Å². The summed E-state index contributed by atoms with van der Waals surface area (Å²) in [7, 11) is 0. The summed E-state index contributed by atoms with van der Waals surface area (Å²) < 4.78 is 5.38. The van der Waals surface area contributed by atoms with Gasteiger partial charge in [-0.15, -0.1) is 0 Å². The van der Waals surface area contributed by atoms with Gasteiger partial charge in [-0.1, -0.05) is 15.9 Å². The number of hydrogen-bond donors (Lipinski definition) is 3. The topological polar surface area (TPSA) is 152 Å². The number of carboxylic acids is 1. The summed E-state index contributed by atoms with van der Waals surface area (Å²) in [6, 6.07) is 12.4. The number of rotatable bonds is 6. The molecule has 3 aromatic rings. The molecule has 3 N–H and O–H groups in total. The average molecular weight is 474 g/mol. The molecule has 10 nitrogen and oxygen atoms in total. The Bertz CT molecular complexity index is 1160. The van der Waals surface area contributed by atoms with Crippen molar-refractivity contribution in [2.75, 3.05) is 10.6 Å². The van der Waals surface area contributed by atoms with Gasteiger partial charge in [0.05, 0.1) is 17.3 Å². The van der Waals surface area contributed by atoms with E-state index in [9.17, 15) is 29.6 Å². The number of nitrogens with zero attached hydrogens (tertiary/aromatic N) is 1. The Morgan fingerprint density at radius 3 is 2.27 bits per heavy atom. The van der Waals surface area contributed by atoms with Gasteiger partial charge in [0.2, 0.25) is 0 Å². The van der Waals surface area contributed by atoms with E-state index in [4.69, 9.17) is 4.42 Å². The Balaban J connectivity index is 1.69. The van der Waals surface area contributed by atoms with Crippen LogP contribution < -0.4 is 10.6 Å². The maximum absolute atomic E-state index is 12.4. The molecule has 0 saturated carbocycles. The van der Waals surface area contributed by atoms with E-state index < -0.39 is 28.6 Å². The standard InChI is InChI=1S/C19H12BrN3O7/c20-11-3-6-14(13(9-11)19(26)27)22-17(24)10-1-4-12(5-2-10)21-18(25)15-7-8-16(30-15)23(28)29/h1-9H,(H,21,25)(H,22,24)(H,26,27). The molecule has 0 atom stereocenters. The van der Waals surface area contributed by atoms with E-state index in [-0.39, 0.29) is 22.6 Å². The molecule has 30 heavy (non-hydrogen) atoms. The lowest BCUT2D eigenvalue weighted by atomic mass is 10.1. The van der Waals surface area contributed by atoms with Gasteiger partial charge in [0.1, 0.15) is 4.92 Å². The van der Waals surface area contributed by atoms with Gasteiger partial charge >= 0.3 is 11.9 Å². The second-order valence-corrected chi connectivity index (χ2v) is 6.79. The predicted octanol–water partition coefficient (Wildman–Crippen LogP) is 4.15. The van der Waals surface area contributed by atoms with E-state index >= 15 is 0 Å². The van der Waals surface area contributed by atoms with E-state index in [1.54, 1.807) is 6.07 Å². The smallest absolute Gasteiger partial charge is 0.433 e. The number of carboxylic acid groups (broad SMARTS) is 1. The summed E-state index contributed by atoms with van der Waals surface area (Å²) in [5.41, 5.74) is 0.605. The van der Waals surface area contributed by atoms with Crippen LogP contribution in [0.1, 0.15) is 31.3 Å². The van der Waals surface area contributed by atoms with Crippen LogP contribution in [0.2, 0.25) is 0 Å². The molecule has 0 aliphatic carbocycles. The highest BCUT2D eigenvalue weighted by atomic mass is 79.9. The number of furan rings is 1. The zero-order valence-electron chi connectivity index (χ0n) is 14.9. The number of hydrogen-bond acceptors (Lipinski definition) is 6. The Hall–Kier alpha value is -3.99. The monoisotopic (exact) mass is 473 g/mol. The third-order valence-corrected chi connectivity index (χ3v) is 4.35. The fourth-order valence-electron chi connectivity index (χ4n) is 2.44. The number of nitrogens with one attached hydrogen (secondary N) is 2. The molecular formula is C19H12BrN3O7. The van der Waals surface area contributed by atoms with Gasteiger partial charge in [-0.2, -0.15) is 0 Å². The van der Waals surface area contributed by atoms with Gasteiger partial charge in [-0.25, -0.2) is 4.79 Å². The molecule has 1 aromatic heterocycles. The summed E-state index contributed by atoms with van der Waals surface area (Å²) in [5, 5.41) is 24.9. The zero-order valence-corrected chi connectivity index (χ0v) is 16.5. The van der Waals surface area contributed by atoms with Crippen molar-refractivity contribution in [2.24, 2.45) is 0 Å². The van der Waals surface area contributed by atoms with Crippen LogP contribution in [0.15, 0.2) is 63.5 Å². The second kappa shape index (κ2) is 8.57. The molecule has 152 valence electrons. The Morgan fingerprint density at radius 1 is 0.967 bits per heavy atom. The first-order valence-corrected chi connectivity index (χ1v) is 9.04. The Kier molecular flexibility index (Phi) is 5.93. The van der Waals surface area contributed by atoms with Crippen LogP contribution in [0.25, 0.3) is 0 Å². The highest BCUT2D eigenvalue weighted by Gasteiger charge is 2.18. The second-order valence-electron chi connectivity index (χ2n) is 5.88. The SMILES string of the molecule is O=C(Nc1ccc(Br)cc1C(=O)O)c1ccc(NC(=O)c2ccc([N+](=O)[O-])o2)cc1. The van der Waals surface area contributed by atoms with E-state index in [0.29, 0.717) is 10.2 Å². The number of halogens is 1. The minimum absolute atomic E-state index is 0.0749. The molecule has 0 fully saturated rings. The molecule has 0 aliphatic rings. The van der Waals surface area contributed by atoms with Gasteiger partial charge in [0, 0.05) is 15.7 Å². The average Bonchev–Trinajstić information content (AvgIpc) is 3.20. The lowest BCUT2D eigenvalue weighted by Crippen LogP contribution is -2.15. The molecule has 0 aliphatic heterocycles. The van der Waals surface area contributed by atoms with Crippen LogP contribution in [0.3, 0.4) is 0 Å². The molecular weight excluding hydrogens is 462 g/mol. The zero-order chi connectivity index (χ0) is 21.8. The maximum atomic E-state index is 12.4. The normalized spacial score (nSPS) is 10.3. The molecule has 0 spiro atoms. The number of carbonyl (C=O) groups excluding carboxylic acids is 2. The van der Waals surface area contributed by atoms with Crippen LogP contribution in [0, 0.1) is 10.1 Å². The maximum Gasteiger partial charge on any atom is 0.433 e. The molecule has 1 heterocycles. The Labute approximate surface area is 176 Å². The van der Waals surface area contributed by atoms with Crippen LogP contribution in [-0.2, 0) is 0 Å². The van der Waals surface area contributed by atoms with Crippen molar-refractivity contribution in [1.29, 1.82) is 0 Å². The molecule has 0 saturated heterocycles. The minimum atomic E-state index is -1.19. The largest absolute Gasteiger partial charge is 0.478 e. The summed E-state index contributed by atoms with van der Waals surface area (Å²) in [4.78, 5) is 45.7. The van der Waals surface area contributed by atoms with Crippen molar-refractivity contribution < 1.29 is 28.8 Å². The lowest BCUT2D eigenvalue weighted by molar-refractivity contribution is -0.402. The molecule has 3 rings (SSSR count). The number of amides is 2. The van der Waals surface area contributed by atoms with E-state index in [1.807, 2.05) is 0 Å². The van der Waals surface area contributed by atoms with Crippen LogP contribution in [-0.4, -0.2) is 27.8 Å². The van der Waals surface area contributed by atoms with Crippen LogP contribution in [0.5, 0.6) is 0 Å². The molecule has 0 radical (unpaired) electrons. The van der Waals surface area contributed by atoms with Gasteiger partial charge in [-0.3, -0.25) is 19.7 Å². The molecule has 0 unspecified atom stereocenters. The van der Waals surface area contributed by atoms with Crippen LogP contribution >= 0.6 is 15.9 Å². The van der Waals surface area contributed by atoms with Gasteiger partial charge in [0.15, 0.2) is 5.76 Å². The number of benzene rings is 2. The lowest BCUT2D eigenvalue weighted by Gasteiger charge is -2.10. The summed E-state index contributed by atoms with van der Waals surface area (Å²) in [6.07, 6.45) is 0. The highest BCUT2D eigenvalue weighted by molar-refractivity contribution is 9.10. The third-order valence-electron chi connectivity index (χ3n) is 3.86. The van der Waals surface area contributed by atoms with Crippen molar-refractivity contribution in [2.45, 2.75) is 0 Å². The van der Waals surface area contributed by atoms with Crippen molar-refractivity contribution in [3.63, 3.8) is 0 Å². The minimum Gasteiger partial charge on any atom is -0.478 e. The number of aromatic carboxylic acids is 1. The summed E-state index contributed by atoms with van der Waals surface area (Å²) in [6.45, 7) is 0. The van der Waals surface area contributed by atoms with Crippen molar-refractivity contribution in [3.05, 3.63) is 86.1 Å². The quantitative estimate of drug-likeness (QED) is 0.359. The molecule has 0 bridgehead atoms.